The molecule has 0 bridgehead atoms. The van der Waals surface area contributed by atoms with Crippen molar-refractivity contribution in [1.82, 2.24) is 24.6 Å². The van der Waals surface area contributed by atoms with Gasteiger partial charge < -0.3 is 10.1 Å². The van der Waals surface area contributed by atoms with E-state index in [0.717, 1.165) is 11.1 Å². The number of morpholine rings is 1. The van der Waals surface area contributed by atoms with Crippen LogP contribution < -0.4 is 5.32 Å². The van der Waals surface area contributed by atoms with E-state index in [1.807, 2.05) is 13.0 Å². The molecule has 1 saturated heterocycles. The summed E-state index contributed by atoms with van der Waals surface area (Å²) in [5.74, 6) is -0.204. The first-order valence-electron chi connectivity index (χ1n) is 9.81. The molecule has 4 rings (SSSR count). The number of nitrogens with one attached hydrogen (secondary N) is 2. The number of carbonyl (C=O) groups excluding carboxylic acids is 1. The summed E-state index contributed by atoms with van der Waals surface area (Å²) in [4.78, 5) is 13.0. The number of hydrogen-bond acceptors (Lipinski definition) is 6. The Kier molecular flexibility index (Phi) is 5.80. The number of nitrogens with zero attached hydrogens (tertiary/aromatic N) is 4. The van der Waals surface area contributed by atoms with Crippen LogP contribution in [0.15, 0.2) is 47.4 Å². The summed E-state index contributed by atoms with van der Waals surface area (Å²) < 4.78 is 29.9. The molecular formula is C20H24N6O3S. The Morgan fingerprint density at radius 3 is 2.63 bits per heavy atom. The summed E-state index contributed by atoms with van der Waals surface area (Å²) in [6, 6.07) is 12.3. The largest absolute Gasteiger partial charge is 0.379 e. The van der Waals surface area contributed by atoms with E-state index >= 15 is 0 Å². The van der Waals surface area contributed by atoms with Gasteiger partial charge in [-0.05, 0) is 42.8 Å². The van der Waals surface area contributed by atoms with Crippen LogP contribution in [-0.2, 0) is 27.7 Å². The molecule has 158 valence electrons. The third kappa shape index (κ3) is 4.07. The zero-order valence-electron chi connectivity index (χ0n) is 16.7. The van der Waals surface area contributed by atoms with Crippen LogP contribution in [0.5, 0.6) is 0 Å². The Labute approximate surface area is 175 Å². The van der Waals surface area contributed by atoms with E-state index in [4.69, 9.17) is 9.52 Å². The van der Waals surface area contributed by atoms with Crippen LogP contribution in [0.25, 0.3) is 11.0 Å². The minimum absolute atomic E-state index is 0.204. The summed E-state index contributed by atoms with van der Waals surface area (Å²) in [5.41, 5.74) is 2.96. The molecule has 30 heavy (non-hydrogen) atoms. The first-order chi connectivity index (χ1) is 14.5. The van der Waals surface area contributed by atoms with Crippen LogP contribution >= 0.6 is 0 Å². The van der Waals surface area contributed by atoms with Gasteiger partial charge in [0.25, 0.3) is 5.91 Å². The molecule has 0 spiro atoms. The maximum atomic E-state index is 12.9. The van der Waals surface area contributed by atoms with Gasteiger partial charge in [0.1, 0.15) is 15.4 Å². The number of benzene rings is 2. The third-order valence-corrected chi connectivity index (χ3v) is 7.11. The molecule has 9 nitrogen and oxygen atoms in total. The molecule has 10 heteroatoms. The van der Waals surface area contributed by atoms with Crippen LogP contribution in [0.3, 0.4) is 0 Å². The summed E-state index contributed by atoms with van der Waals surface area (Å²) in [7, 11) is -3.02. The number of aromatic nitrogens is 3. The molecular weight excluding hydrogens is 404 g/mol. The number of aryl methyl sites for hydroxylation is 1. The first kappa shape index (κ1) is 20.5. The fraction of sp³-hybridized carbons (Fsp3) is 0.350. The molecule has 1 amide bonds. The third-order valence-electron chi connectivity index (χ3n) is 5.11. The molecule has 3 aromatic rings. The van der Waals surface area contributed by atoms with Gasteiger partial charge in [-0.2, -0.15) is 0 Å². The number of ether oxygens (including phenoxy) is 1. The minimum atomic E-state index is -3.02. The maximum Gasteiger partial charge on any atom is 0.251 e. The van der Waals surface area contributed by atoms with Gasteiger partial charge in [-0.3, -0.25) is 4.79 Å². The zero-order chi connectivity index (χ0) is 21.1. The molecule has 1 unspecified atom stereocenters. The zero-order valence-corrected chi connectivity index (χ0v) is 17.5. The summed E-state index contributed by atoms with van der Waals surface area (Å²) >= 11 is 0. The summed E-state index contributed by atoms with van der Waals surface area (Å²) in [6.07, 6.45) is 0. The quantitative estimate of drug-likeness (QED) is 0.624. The second-order valence-electron chi connectivity index (χ2n) is 7.00. The Morgan fingerprint density at radius 1 is 1.20 bits per heavy atom. The van der Waals surface area contributed by atoms with E-state index in [-0.39, 0.29) is 5.91 Å². The van der Waals surface area contributed by atoms with Gasteiger partial charge in [-0.25, -0.2) is 18.0 Å². The van der Waals surface area contributed by atoms with Crippen LogP contribution in [0.1, 0.15) is 22.8 Å². The first-order valence-corrected chi connectivity index (χ1v) is 11.3. The van der Waals surface area contributed by atoms with Crippen molar-refractivity contribution in [2.45, 2.75) is 24.9 Å². The molecule has 2 heterocycles. The molecule has 1 aliphatic rings. The molecule has 1 aromatic heterocycles. The van der Waals surface area contributed by atoms with E-state index < -0.39 is 9.92 Å². The van der Waals surface area contributed by atoms with Crippen LogP contribution in [0.4, 0.5) is 0 Å². The minimum Gasteiger partial charge on any atom is -0.379 e. The fourth-order valence-corrected chi connectivity index (χ4v) is 4.84. The monoisotopic (exact) mass is 428 g/mol. The lowest BCUT2D eigenvalue weighted by molar-refractivity contribution is 0.0743. The average Bonchev–Trinajstić information content (AvgIpc) is 3.20. The van der Waals surface area contributed by atoms with Crippen molar-refractivity contribution >= 4 is 26.9 Å². The van der Waals surface area contributed by atoms with Gasteiger partial charge in [-0.15, -0.1) is 5.10 Å². The van der Waals surface area contributed by atoms with Gasteiger partial charge in [0, 0.05) is 31.7 Å². The van der Waals surface area contributed by atoms with E-state index in [9.17, 15) is 9.00 Å². The van der Waals surface area contributed by atoms with Crippen molar-refractivity contribution in [3.8, 4) is 0 Å². The second-order valence-corrected chi connectivity index (χ2v) is 9.04. The SMILES string of the molecule is CCn1nnc2cc(C(=O)NCc3ccc(S(=N)(=O)N4CCOCC4)cc3)ccc21. The molecule has 1 fully saturated rings. The van der Waals surface area contributed by atoms with Crippen LogP contribution in [0, 0.1) is 4.78 Å². The van der Waals surface area contributed by atoms with Gasteiger partial charge in [0.2, 0.25) is 0 Å². The predicted molar refractivity (Wildman–Crippen MR) is 112 cm³/mol. The van der Waals surface area contributed by atoms with Crippen LogP contribution in [0.2, 0.25) is 0 Å². The summed E-state index contributed by atoms with van der Waals surface area (Å²) in [5, 5.41) is 11.0. The molecule has 0 saturated carbocycles. The van der Waals surface area contributed by atoms with E-state index in [2.05, 4.69) is 15.6 Å². The smallest absolute Gasteiger partial charge is 0.251 e. The van der Waals surface area contributed by atoms with E-state index in [1.54, 1.807) is 45.4 Å². The van der Waals surface area contributed by atoms with Gasteiger partial charge in [-0.1, -0.05) is 17.3 Å². The second kappa shape index (κ2) is 8.50. The fourth-order valence-electron chi connectivity index (χ4n) is 3.38. The van der Waals surface area contributed by atoms with Crippen LogP contribution in [-0.4, -0.2) is 55.7 Å². The van der Waals surface area contributed by atoms with Crippen molar-refractivity contribution in [3.05, 3.63) is 53.6 Å². The highest BCUT2D eigenvalue weighted by Crippen LogP contribution is 2.19. The molecule has 2 N–H and O–H groups in total. The average molecular weight is 429 g/mol. The summed E-state index contributed by atoms with van der Waals surface area (Å²) in [6.45, 7) is 4.97. The maximum absolute atomic E-state index is 12.9. The molecule has 1 aliphatic heterocycles. The van der Waals surface area contributed by atoms with Gasteiger partial charge in [0.05, 0.1) is 23.6 Å². The van der Waals surface area contributed by atoms with Crippen molar-refractivity contribution in [2.75, 3.05) is 26.3 Å². The van der Waals surface area contributed by atoms with E-state index in [0.29, 0.717) is 55.4 Å². The standard InChI is InChI=1S/C20H24N6O3S/c1-2-26-19-8-5-16(13-18(19)23-24-26)20(27)22-14-15-3-6-17(7-4-15)30(21,28)25-9-11-29-12-10-25/h3-8,13,21H,2,9-12,14H2,1H3,(H,22,27). The topological polar surface area (TPSA) is 113 Å². The number of rotatable bonds is 6. The molecule has 1 atom stereocenters. The Balaban J connectivity index is 1.40. The number of hydrogen-bond donors (Lipinski definition) is 2. The molecule has 0 radical (unpaired) electrons. The lowest BCUT2D eigenvalue weighted by Crippen LogP contribution is -2.40. The van der Waals surface area contributed by atoms with E-state index in [1.165, 1.54) is 0 Å². The highest BCUT2D eigenvalue weighted by molar-refractivity contribution is 7.90. The Hall–Kier alpha value is -2.82. The lowest BCUT2D eigenvalue weighted by atomic mass is 10.1. The molecule has 2 aromatic carbocycles. The van der Waals surface area contributed by atoms with Crippen molar-refractivity contribution < 1.29 is 13.7 Å². The highest BCUT2D eigenvalue weighted by Gasteiger charge is 2.22. The normalized spacial score (nSPS) is 17.0. The predicted octanol–water partition coefficient (Wildman–Crippen LogP) is 2.03. The Morgan fingerprint density at radius 2 is 1.93 bits per heavy atom. The lowest BCUT2D eigenvalue weighted by Gasteiger charge is -2.28. The van der Waals surface area contributed by atoms with Crippen molar-refractivity contribution in [1.29, 1.82) is 4.78 Å². The van der Waals surface area contributed by atoms with Crippen molar-refractivity contribution in [2.24, 2.45) is 0 Å². The Bertz CT molecular complexity index is 1150. The number of fused-ring (bicyclic) bond motifs is 1. The molecule has 0 aliphatic carbocycles. The number of amides is 1. The van der Waals surface area contributed by atoms with Gasteiger partial charge >= 0.3 is 0 Å². The number of carbonyl (C=O) groups is 1. The van der Waals surface area contributed by atoms with Gasteiger partial charge in [0.15, 0.2) is 0 Å². The highest BCUT2D eigenvalue weighted by atomic mass is 32.2. The van der Waals surface area contributed by atoms with Crippen molar-refractivity contribution in [3.63, 3.8) is 0 Å².